The lowest BCUT2D eigenvalue weighted by Crippen LogP contribution is -2.45. The minimum absolute atomic E-state index is 0.331. The van der Waals surface area contributed by atoms with E-state index in [2.05, 4.69) is 39.2 Å². The van der Waals surface area contributed by atoms with Gasteiger partial charge in [-0.3, -0.25) is 0 Å². The molecule has 1 atom stereocenters. The molecule has 0 amide bonds. The van der Waals surface area contributed by atoms with Crippen LogP contribution in [0.3, 0.4) is 0 Å². The van der Waals surface area contributed by atoms with Gasteiger partial charge in [-0.2, -0.15) is 0 Å². The maximum Gasteiger partial charge on any atom is 0.192 e. The maximum atomic E-state index is 6.27. The summed E-state index contributed by atoms with van der Waals surface area (Å²) in [5.74, 6) is 0. The van der Waals surface area contributed by atoms with E-state index in [1.807, 2.05) is 0 Å². The van der Waals surface area contributed by atoms with Crippen molar-refractivity contribution in [3.05, 3.63) is 0 Å². The van der Waals surface area contributed by atoms with Crippen LogP contribution in [0.25, 0.3) is 0 Å². The van der Waals surface area contributed by atoms with E-state index in [-0.39, 0.29) is 0 Å². The normalized spacial score (nSPS) is 24.2. The summed E-state index contributed by atoms with van der Waals surface area (Å²) in [5, 5.41) is 3.93. The van der Waals surface area contributed by atoms with Gasteiger partial charge >= 0.3 is 0 Å². The summed E-state index contributed by atoms with van der Waals surface area (Å²) in [4.78, 5) is 0. The molecule has 1 N–H and O–H groups in total. The lowest BCUT2D eigenvalue weighted by molar-refractivity contribution is 0.240. The summed E-state index contributed by atoms with van der Waals surface area (Å²) in [6.07, 6.45) is 5.35. The Balaban J connectivity index is 2.37. The van der Waals surface area contributed by atoms with Crippen molar-refractivity contribution in [3.8, 4) is 0 Å². The zero-order chi connectivity index (χ0) is 12.2. The number of hydrogen-bond acceptors (Lipinski definition) is 2. The van der Waals surface area contributed by atoms with E-state index in [0.29, 0.717) is 11.1 Å². The zero-order valence-corrected chi connectivity index (χ0v) is 12.7. The summed E-state index contributed by atoms with van der Waals surface area (Å²) >= 11 is 0. The van der Waals surface area contributed by atoms with Gasteiger partial charge in [-0.25, -0.2) is 0 Å². The van der Waals surface area contributed by atoms with Crippen molar-refractivity contribution < 1.29 is 4.43 Å². The average molecular weight is 243 g/mol. The van der Waals surface area contributed by atoms with E-state index in [1.54, 1.807) is 0 Å². The average Bonchev–Trinajstić information content (AvgIpc) is 2.41. The van der Waals surface area contributed by atoms with Gasteiger partial charge in [0.25, 0.3) is 0 Å². The van der Waals surface area contributed by atoms with Crippen LogP contribution in [0.2, 0.25) is 18.1 Å². The predicted molar refractivity (Wildman–Crippen MR) is 73.4 cm³/mol. The second-order valence-electron chi connectivity index (χ2n) is 6.57. The van der Waals surface area contributed by atoms with Gasteiger partial charge in [0.1, 0.15) is 0 Å². The quantitative estimate of drug-likeness (QED) is 0.766. The maximum absolute atomic E-state index is 6.27. The Morgan fingerprint density at radius 3 is 2.50 bits per heavy atom. The highest BCUT2D eigenvalue weighted by atomic mass is 28.4. The Morgan fingerprint density at radius 1 is 1.19 bits per heavy atom. The van der Waals surface area contributed by atoms with Crippen LogP contribution in [0, 0.1) is 0 Å². The predicted octanol–water partition coefficient (Wildman–Crippen LogP) is 3.54. The molecule has 1 aliphatic heterocycles. The topological polar surface area (TPSA) is 21.3 Å². The number of rotatable bonds is 3. The van der Waals surface area contributed by atoms with Crippen molar-refractivity contribution in [3.63, 3.8) is 0 Å². The first-order valence-electron chi connectivity index (χ1n) is 6.70. The highest BCUT2D eigenvalue weighted by Gasteiger charge is 2.37. The molecule has 16 heavy (non-hydrogen) atoms. The molecule has 1 fully saturated rings. The minimum atomic E-state index is -1.55. The Morgan fingerprint density at radius 2 is 1.88 bits per heavy atom. The van der Waals surface area contributed by atoms with Gasteiger partial charge in [0.2, 0.25) is 0 Å². The zero-order valence-electron chi connectivity index (χ0n) is 11.7. The summed E-state index contributed by atoms with van der Waals surface area (Å²) in [5.41, 5.74) is 0. The minimum Gasteiger partial charge on any atom is -0.415 e. The Bertz CT molecular complexity index is 202. The first-order valence-corrected chi connectivity index (χ1v) is 9.61. The summed E-state index contributed by atoms with van der Waals surface area (Å²) < 4.78 is 6.27. The molecule has 1 saturated heterocycles. The van der Waals surface area contributed by atoms with Gasteiger partial charge in [0, 0.05) is 12.6 Å². The van der Waals surface area contributed by atoms with Crippen LogP contribution in [0.5, 0.6) is 0 Å². The van der Waals surface area contributed by atoms with Gasteiger partial charge in [-0.05, 0) is 37.5 Å². The SMILES string of the molecule is CC(C)(C)[Si](C)(C)OCC1CCCCCN1. The molecule has 0 aromatic rings. The Kier molecular flexibility index (Phi) is 5.01. The van der Waals surface area contributed by atoms with Crippen LogP contribution in [0.4, 0.5) is 0 Å². The van der Waals surface area contributed by atoms with Crippen molar-refractivity contribution in [2.45, 2.75) is 70.6 Å². The first kappa shape index (κ1) is 14.2. The van der Waals surface area contributed by atoms with Gasteiger partial charge in [0.05, 0.1) is 0 Å². The molecule has 0 bridgehead atoms. The van der Waals surface area contributed by atoms with Crippen molar-refractivity contribution in [1.82, 2.24) is 5.32 Å². The molecule has 0 aliphatic carbocycles. The lowest BCUT2D eigenvalue weighted by Gasteiger charge is -2.37. The molecule has 1 heterocycles. The monoisotopic (exact) mass is 243 g/mol. The molecule has 2 nitrogen and oxygen atoms in total. The third-order valence-corrected chi connectivity index (χ3v) is 8.61. The van der Waals surface area contributed by atoms with Crippen LogP contribution in [0.15, 0.2) is 0 Å². The highest BCUT2D eigenvalue weighted by Crippen LogP contribution is 2.36. The van der Waals surface area contributed by atoms with Crippen molar-refractivity contribution >= 4 is 8.32 Å². The number of hydrogen-bond donors (Lipinski definition) is 1. The largest absolute Gasteiger partial charge is 0.415 e. The van der Waals surface area contributed by atoms with E-state index >= 15 is 0 Å². The molecule has 1 unspecified atom stereocenters. The first-order chi connectivity index (χ1) is 7.33. The molecule has 3 heteroatoms. The molecule has 0 spiro atoms. The van der Waals surface area contributed by atoms with Crippen molar-refractivity contribution in [2.75, 3.05) is 13.2 Å². The third kappa shape index (κ3) is 4.19. The molecule has 0 radical (unpaired) electrons. The Labute approximate surface area is 102 Å². The van der Waals surface area contributed by atoms with Crippen LogP contribution >= 0.6 is 0 Å². The van der Waals surface area contributed by atoms with Gasteiger partial charge in [0.15, 0.2) is 8.32 Å². The van der Waals surface area contributed by atoms with Gasteiger partial charge in [-0.15, -0.1) is 0 Å². The van der Waals surface area contributed by atoms with Crippen molar-refractivity contribution in [1.29, 1.82) is 0 Å². The molecule has 1 rings (SSSR count). The standard InChI is InChI=1S/C13H29NOSi/c1-13(2,3)16(4,5)15-11-12-9-7-6-8-10-14-12/h12,14H,6-11H2,1-5H3. The van der Waals surface area contributed by atoms with Gasteiger partial charge in [-0.1, -0.05) is 33.6 Å². The van der Waals surface area contributed by atoms with Crippen LogP contribution in [-0.4, -0.2) is 27.5 Å². The fraction of sp³-hybridized carbons (Fsp3) is 1.00. The van der Waals surface area contributed by atoms with Gasteiger partial charge < -0.3 is 9.74 Å². The molecule has 1 aliphatic rings. The summed E-state index contributed by atoms with van der Waals surface area (Å²) in [7, 11) is -1.55. The summed E-state index contributed by atoms with van der Waals surface area (Å²) in [6, 6.07) is 0.594. The van der Waals surface area contributed by atoms with Crippen molar-refractivity contribution in [2.24, 2.45) is 0 Å². The molecule has 0 aromatic carbocycles. The summed E-state index contributed by atoms with van der Waals surface area (Å²) in [6.45, 7) is 13.7. The fourth-order valence-electron chi connectivity index (χ4n) is 1.77. The molecule has 0 aromatic heterocycles. The van der Waals surface area contributed by atoms with Crippen LogP contribution in [0.1, 0.15) is 46.5 Å². The molecule has 96 valence electrons. The van der Waals surface area contributed by atoms with Crippen LogP contribution < -0.4 is 5.32 Å². The van der Waals surface area contributed by atoms with E-state index in [4.69, 9.17) is 4.43 Å². The van der Waals surface area contributed by atoms with Crippen LogP contribution in [-0.2, 0) is 4.43 Å². The highest BCUT2D eigenvalue weighted by molar-refractivity contribution is 6.74. The Hall–Kier alpha value is 0.137. The van der Waals surface area contributed by atoms with E-state index in [1.165, 1.54) is 32.2 Å². The molecular weight excluding hydrogens is 214 g/mol. The fourth-order valence-corrected chi connectivity index (χ4v) is 2.82. The smallest absolute Gasteiger partial charge is 0.192 e. The molecular formula is C13H29NOSi. The second kappa shape index (κ2) is 5.65. The third-order valence-electron chi connectivity index (χ3n) is 4.11. The lowest BCUT2D eigenvalue weighted by atomic mass is 10.1. The number of nitrogens with one attached hydrogen (secondary N) is 1. The molecule has 0 saturated carbocycles. The van der Waals surface area contributed by atoms with E-state index < -0.39 is 8.32 Å². The second-order valence-corrected chi connectivity index (χ2v) is 11.4. The van der Waals surface area contributed by atoms with E-state index in [0.717, 1.165) is 6.61 Å². The van der Waals surface area contributed by atoms with E-state index in [9.17, 15) is 0 Å².